The van der Waals surface area contributed by atoms with Gasteiger partial charge in [0.05, 0.1) is 18.8 Å². The first-order valence-electron chi connectivity index (χ1n) is 19.2. The van der Waals surface area contributed by atoms with Crippen LogP contribution in [-0.4, -0.2) is 35.7 Å². The molecule has 6 aromatic rings. The number of amides is 2. The standard InChI is InChI=1S/C48H49N3O5/c1-33-45(31-51(3)34(2)37-13-6-4-7-14-37)55-47(56-46(33)38-22-20-35(32-52)21-23-38)41-17-11-16-40(29-41)39-15-10-12-36(28-39)30-49-48(53)50-42-24-26-44(27-25-42)54-43-18-8-5-9-19-43/h4-29,33-34,45-47,52H,30-32H2,1-3H3,(H2,49,50,53)/t33-,34+,45+,46+,47+/m1/s1. The van der Waals surface area contributed by atoms with Gasteiger partial charge in [-0.15, -0.1) is 0 Å². The summed E-state index contributed by atoms with van der Waals surface area (Å²) in [5.41, 5.74) is 7.78. The van der Waals surface area contributed by atoms with Crippen molar-refractivity contribution in [2.75, 3.05) is 18.9 Å². The largest absolute Gasteiger partial charge is 0.457 e. The lowest BCUT2D eigenvalue weighted by atomic mass is 9.89. The molecule has 0 aromatic heterocycles. The second kappa shape index (κ2) is 18.2. The van der Waals surface area contributed by atoms with Crippen molar-refractivity contribution in [1.82, 2.24) is 10.2 Å². The third-order valence-electron chi connectivity index (χ3n) is 10.5. The molecule has 1 fully saturated rings. The topological polar surface area (TPSA) is 92.3 Å². The highest BCUT2D eigenvalue weighted by atomic mass is 16.7. The van der Waals surface area contributed by atoms with Crippen LogP contribution in [0.5, 0.6) is 11.5 Å². The number of rotatable bonds is 13. The number of carbonyl (C=O) groups excluding carboxylic acids is 1. The molecular weight excluding hydrogens is 699 g/mol. The highest BCUT2D eigenvalue weighted by Crippen LogP contribution is 2.43. The van der Waals surface area contributed by atoms with Gasteiger partial charge < -0.3 is 30.0 Å². The molecule has 8 nitrogen and oxygen atoms in total. The van der Waals surface area contributed by atoms with Crippen molar-refractivity contribution in [3.05, 3.63) is 186 Å². The van der Waals surface area contributed by atoms with Crippen LogP contribution in [0.2, 0.25) is 0 Å². The van der Waals surface area contributed by atoms with Gasteiger partial charge in [0, 0.05) is 36.3 Å². The highest BCUT2D eigenvalue weighted by molar-refractivity contribution is 5.89. The number of anilines is 1. The molecule has 1 heterocycles. The van der Waals surface area contributed by atoms with Crippen LogP contribution in [0.4, 0.5) is 10.5 Å². The number of para-hydroxylation sites is 1. The Kier molecular flexibility index (Phi) is 12.5. The minimum Gasteiger partial charge on any atom is -0.457 e. The van der Waals surface area contributed by atoms with E-state index in [2.05, 4.69) is 103 Å². The zero-order valence-electron chi connectivity index (χ0n) is 32.0. The Balaban J connectivity index is 1.03. The molecule has 286 valence electrons. The Morgan fingerprint density at radius 3 is 2.11 bits per heavy atom. The van der Waals surface area contributed by atoms with Crippen molar-refractivity contribution in [1.29, 1.82) is 0 Å². The first-order valence-corrected chi connectivity index (χ1v) is 19.2. The van der Waals surface area contributed by atoms with Crippen molar-refractivity contribution in [3.63, 3.8) is 0 Å². The van der Waals surface area contributed by atoms with Gasteiger partial charge in [-0.3, -0.25) is 4.90 Å². The molecule has 0 radical (unpaired) electrons. The number of nitrogens with one attached hydrogen (secondary N) is 2. The molecule has 1 aliphatic rings. The maximum absolute atomic E-state index is 12.8. The summed E-state index contributed by atoms with van der Waals surface area (Å²) in [5.74, 6) is 1.50. The van der Waals surface area contributed by atoms with Crippen molar-refractivity contribution >= 4 is 11.7 Å². The maximum atomic E-state index is 12.8. The molecule has 1 aliphatic heterocycles. The van der Waals surface area contributed by atoms with Gasteiger partial charge >= 0.3 is 6.03 Å². The molecular formula is C48H49N3O5. The SMILES string of the molecule is C[C@@H]1[C@H](CN(C)[C@@H](C)c2ccccc2)O[C@H](c2cccc(-c3cccc(CNC(=O)Nc4ccc(Oc5ccccc5)cc4)c3)c2)O[C@@H]1c1ccc(CO)cc1. The zero-order valence-corrected chi connectivity index (χ0v) is 32.0. The van der Waals surface area contributed by atoms with Gasteiger partial charge in [-0.05, 0) is 95.9 Å². The predicted molar refractivity (Wildman–Crippen MR) is 221 cm³/mol. The number of ether oxygens (including phenoxy) is 3. The first kappa shape index (κ1) is 38.5. The molecule has 0 bridgehead atoms. The molecule has 7 rings (SSSR count). The fraction of sp³-hybridized carbons (Fsp3) is 0.229. The molecule has 0 unspecified atom stereocenters. The number of aliphatic hydroxyl groups excluding tert-OH is 1. The summed E-state index contributed by atoms with van der Waals surface area (Å²) in [6, 6.07) is 51.8. The third kappa shape index (κ3) is 9.72. The summed E-state index contributed by atoms with van der Waals surface area (Å²) < 4.78 is 19.5. The molecule has 0 saturated carbocycles. The van der Waals surface area contributed by atoms with E-state index in [1.54, 1.807) is 0 Å². The molecule has 56 heavy (non-hydrogen) atoms. The molecule has 3 N–H and O–H groups in total. The van der Waals surface area contributed by atoms with Crippen LogP contribution in [0.3, 0.4) is 0 Å². The number of benzene rings is 6. The molecule has 6 aromatic carbocycles. The molecule has 0 spiro atoms. The van der Waals surface area contributed by atoms with Crippen LogP contribution >= 0.6 is 0 Å². The van der Waals surface area contributed by atoms with E-state index >= 15 is 0 Å². The first-order chi connectivity index (χ1) is 27.3. The summed E-state index contributed by atoms with van der Waals surface area (Å²) in [7, 11) is 2.15. The number of hydrogen-bond donors (Lipinski definition) is 3. The summed E-state index contributed by atoms with van der Waals surface area (Å²) in [5, 5.41) is 15.6. The van der Waals surface area contributed by atoms with Crippen LogP contribution in [0.15, 0.2) is 158 Å². The lowest BCUT2D eigenvalue weighted by molar-refractivity contribution is -0.276. The molecule has 8 heteroatoms. The van der Waals surface area contributed by atoms with Crippen LogP contribution in [0.25, 0.3) is 11.1 Å². The Bertz CT molecular complexity index is 2160. The second-order valence-corrected chi connectivity index (χ2v) is 14.4. The summed E-state index contributed by atoms with van der Waals surface area (Å²) >= 11 is 0. The summed E-state index contributed by atoms with van der Waals surface area (Å²) in [6.07, 6.45) is -0.916. The van der Waals surface area contributed by atoms with Gasteiger partial charge in [-0.2, -0.15) is 0 Å². The van der Waals surface area contributed by atoms with E-state index < -0.39 is 6.29 Å². The van der Waals surface area contributed by atoms with Crippen LogP contribution in [0.1, 0.15) is 60.1 Å². The number of urea groups is 1. The predicted octanol–water partition coefficient (Wildman–Crippen LogP) is 10.4. The fourth-order valence-corrected chi connectivity index (χ4v) is 7.07. The van der Waals surface area contributed by atoms with Crippen molar-refractivity contribution in [2.45, 2.75) is 51.5 Å². The van der Waals surface area contributed by atoms with Gasteiger partial charge in [-0.1, -0.05) is 116 Å². The quantitative estimate of drug-likeness (QED) is 0.109. The van der Waals surface area contributed by atoms with Gasteiger partial charge in [0.1, 0.15) is 11.5 Å². The Hall–Kier alpha value is -5.77. The van der Waals surface area contributed by atoms with Gasteiger partial charge in [0.2, 0.25) is 0 Å². The molecule has 2 amide bonds. The Morgan fingerprint density at radius 2 is 1.39 bits per heavy atom. The molecule has 1 saturated heterocycles. The normalized spacial score (nSPS) is 18.6. The van der Waals surface area contributed by atoms with E-state index in [9.17, 15) is 9.90 Å². The van der Waals surface area contributed by atoms with E-state index in [0.29, 0.717) is 18.0 Å². The Labute approximate surface area is 329 Å². The van der Waals surface area contributed by atoms with Crippen LogP contribution in [-0.2, 0) is 22.6 Å². The summed E-state index contributed by atoms with van der Waals surface area (Å²) in [4.78, 5) is 15.2. The average Bonchev–Trinajstić information content (AvgIpc) is 3.25. The number of hydrogen-bond acceptors (Lipinski definition) is 6. The van der Waals surface area contributed by atoms with Gasteiger partial charge in [-0.25, -0.2) is 4.79 Å². The second-order valence-electron chi connectivity index (χ2n) is 14.4. The fourth-order valence-electron chi connectivity index (χ4n) is 7.07. The van der Waals surface area contributed by atoms with Crippen LogP contribution in [0, 0.1) is 5.92 Å². The average molecular weight is 748 g/mol. The number of nitrogens with zero attached hydrogens (tertiary/aromatic N) is 1. The van der Waals surface area contributed by atoms with Crippen molar-refractivity contribution in [2.24, 2.45) is 5.92 Å². The molecule has 5 atom stereocenters. The van der Waals surface area contributed by atoms with Crippen molar-refractivity contribution < 1.29 is 24.1 Å². The highest BCUT2D eigenvalue weighted by Gasteiger charge is 2.39. The monoisotopic (exact) mass is 747 g/mol. The van der Waals surface area contributed by atoms with Crippen LogP contribution < -0.4 is 15.4 Å². The third-order valence-corrected chi connectivity index (χ3v) is 10.5. The smallest absolute Gasteiger partial charge is 0.319 e. The minimum absolute atomic E-state index is 0.00434. The van der Waals surface area contributed by atoms with Gasteiger partial charge in [0.25, 0.3) is 0 Å². The van der Waals surface area contributed by atoms with E-state index in [4.69, 9.17) is 14.2 Å². The van der Waals surface area contributed by atoms with Crippen molar-refractivity contribution in [3.8, 4) is 22.6 Å². The summed E-state index contributed by atoms with van der Waals surface area (Å²) in [6.45, 7) is 5.49. The number of carbonyl (C=O) groups is 1. The van der Waals surface area contributed by atoms with E-state index in [1.807, 2.05) is 91.0 Å². The maximum Gasteiger partial charge on any atom is 0.319 e. The Morgan fingerprint density at radius 1 is 0.732 bits per heavy atom. The zero-order chi connectivity index (χ0) is 38.9. The van der Waals surface area contributed by atoms with E-state index in [-0.39, 0.29) is 36.8 Å². The number of likely N-dealkylation sites (N-methyl/N-ethyl adjacent to an activating group) is 1. The minimum atomic E-state index is -0.591. The lowest BCUT2D eigenvalue weighted by Crippen LogP contribution is -2.44. The van der Waals surface area contributed by atoms with Gasteiger partial charge in [0.15, 0.2) is 6.29 Å². The lowest BCUT2D eigenvalue weighted by Gasteiger charge is -2.43. The number of aliphatic hydroxyl groups is 1. The molecule has 0 aliphatic carbocycles. The van der Waals surface area contributed by atoms with E-state index in [0.717, 1.165) is 45.7 Å². The van der Waals surface area contributed by atoms with E-state index in [1.165, 1.54) is 5.56 Å².